The number of nitrogens with zero attached hydrogens (tertiary/aromatic N) is 1. The summed E-state index contributed by atoms with van der Waals surface area (Å²) in [6.45, 7) is 8.30. The lowest BCUT2D eigenvalue weighted by atomic mass is 10.2. The van der Waals surface area contributed by atoms with Gasteiger partial charge < -0.3 is 0 Å². The molecule has 1 aliphatic rings. The van der Waals surface area contributed by atoms with Crippen LogP contribution in [0.15, 0.2) is 24.4 Å². The topological polar surface area (TPSA) is 0 Å². The fourth-order valence-corrected chi connectivity index (χ4v) is 1.98. The average molecular weight is 166 g/mol. The van der Waals surface area contributed by atoms with E-state index in [2.05, 4.69) is 38.3 Å². The smallest absolute Gasteiger partial charge is 0.102 e. The average Bonchev–Trinajstić information content (AvgIpc) is 2.07. The van der Waals surface area contributed by atoms with Crippen LogP contribution in [0.25, 0.3) is 0 Å². The second-order valence-corrected chi connectivity index (χ2v) is 3.62. The van der Waals surface area contributed by atoms with Crippen LogP contribution in [0.4, 0.5) is 0 Å². The van der Waals surface area contributed by atoms with Crippen molar-refractivity contribution in [1.82, 2.24) is 0 Å². The number of allylic oxidation sites excluding steroid dienone is 2. The molecule has 0 bridgehead atoms. The summed E-state index contributed by atoms with van der Waals surface area (Å²) in [6.07, 6.45) is 11.5. The van der Waals surface area contributed by atoms with Crippen LogP contribution < -0.4 is 0 Å². The van der Waals surface area contributed by atoms with E-state index >= 15 is 0 Å². The predicted molar refractivity (Wildman–Crippen MR) is 53.7 cm³/mol. The summed E-state index contributed by atoms with van der Waals surface area (Å²) in [5, 5.41) is 0. The van der Waals surface area contributed by atoms with Crippen molar-refractivity contribution in [2.45, 2.75) is 26.7 Å². The molecule has 0 amide bonds. The molecule has 1 heterocycles. The third-order valence-electron chi connectivity index (χ3n) is 2.46. The highest BCUT2D eigenvalue weighted by Crippen LogP contribution is 2.14. The van der Waals surface area contributed by atoms with Crippen molar-refractivity contribution in [1.29, 1.82) is 0 Å². The second-order valence-electron chi connectivity index (χ2n) is 3.62. The van der Waals surface area contributed by atoms with Crippen molar-refractivity contribution in [3.8, 4) is 0 Å². The molecular formula is C11H20N+. The Hall–Kier alpha value is -0.560. The van der Waals surface area contributed by atoms with Crippen LogP contribution in [-0.4, -0.2) is 24.1 Å². The lowest BCUT2D eigenvalue weighted by Gasteiger charge is -2.34. The Morgan fingerprint density at radius 1 is 1.08 bits per heavy atom. The van der Waals surface area contributed by atoms with Gasteiger partial charge in [0.05, 0.1) is 19.3 Å². The molecule has 1 heteroatoms. The van der Waals surface area contributed by atoms with E-state index in [9.17, 15) is 0 Å². The van der Waals surface area contributed by atoms with E-state index in [4.69, 9.17) is 0 Å². The standard InChI is InChI=1S/C11H20N/c1-3-8-12(9-4-2)10-6-5-7-11-12/h5-7,10H,3-4,8-9,11H2,1-2H3/q+1. The van der Waals surface area contributed by atoms with Gasteiger partial charge in [-0.25, -0.2) is 0 Å². The predicted octanol–water partition coefficient (Wildman–Crippen LogP) is 2.71. The van der Waals surface area contributed by atoms with Gasteiger partial charge in [-0.05, 0) is 25.0 Å². The van der Waals surface area contributed by atoms with Crippen LogP contribution in [-0.2, 0) is 0 Å². The zero-order chi connectivity index (χ0) is 8.86. The first-order chi connectivity index (χ1) is 5.83. The van der Waals surface area contributed by atoms with E-state index in [1.807, 2.05) is 0 Å². The minimum Gasteiger partial charge on any atom is -0.294 e. The highest BCUT2D eigenvalue weighted by atomic mass is 15.3. The molecule has 1 nitrogen and oxygen atoms in total. The Morgan fingerprint density at radius 3 is 2.17 bits per heavy atom. The van der Waals surface area contributed by atoms with Gasteiger partial charge in [0.1, 0.15) is 6.54 Å². The molecule has 0 spiro atoms. The summed E-state index contributed by atoms with van der Waals surface area (Å²) in [6, 6.07) is 0. The highest BCUT2D eigenvalue weighted by Gasteiger charge is 2.21. The van der Waals surface area contributed by atoms with Gasteiger partial charge in [-0.15, -0.1) is 0 Å². The van der Waals surface area contributed by atoms with Crippen LogP contribution >= 0.6 is 0 Å². The molecule has 0 saturated carbocycles. The molecule has 0 unspecified atom stereocenters. The molecule has 0 aromatic rings. The van der Waals surface area contributed by atoms with Crippen molar-refractivity contribution in [2.75, 3.05) is 19.6 Å². The van der Waals surface area contributed by atoms with Gasteiger partial charge in [0.2, 0.25) is 0 Å². The lowest BCUT2D eigenvalue weighted by molar-refractivity contribution is -0.874. The number of quaternary nitrogens is 1. The maximum absolute atomic E-state index is 2.35. The first-order valence-electron chi connectivity index (χ1n) is 5.03. The van der Waals surface area contributed by atoms with Gasteiger partial charge in [0, 0.05) is 0 Å². The van der Waals surface area contributed by atoms with E-state index in [0.717, 1.165) is 0 Å². The van der Waals surface area contributed by atoms with Crippen molar-refractivity contribution in [3.63, 3.8) is 0 Å². The SMILES string of the molecule is CCC[N+]1(CCC)C=CC=CC1. The molecule has 0 saturated heterocycles. The van der Waals surface area contributed by atoms with E-state index in [-0.39, 0.29) is 0 Å². The van der Waals surface area contributed by atoms with E-state index in [1.165, 1.54) is 37.0 Å². The van der Waals surface area contributed by atoms with Crippen molar-refractivity contribution in [2.24, 2.45) is 0 Å². The Morgan fingerprint density at radius 2 is 1.75 bits per heavy atom. The Bertz CT molecular complexity index is 173. The third kappa shape index (κ3) is 2.21. The van der Waals surface area contributed by atoms with Gasteiger partial charge in [0.25, 0.3) is 0 Å². The van der Waals surface area contributed by atoms with Crippen LogP contribution in [0.3, 0.4) is 0 Å². The van der Waals surface area contributed by atoms with Crippen LogP contribution in [0.2, 0.25) is 0 Å². The van der Waals surface area contributed by atoms with E-state index < -0.39 is 0 Å². The van der Waals surface area contributed by atoms with Crippen molar-refractivity contribution >= 4 is 0 Å². The molecule has 0 aliphatic carbocycles. The molecule has 0 radical (unpaired) electrons. The first-order valence-corrected chi connectivity index (χ1v) is 5.03. The summed E-state index contributed by atoms with van der Waals surface area (Å²) in [7, 11) is 0. The van der Waals surface area contributed by atoms with Crippen LogP contribution in [0.5, 0.6) is 0 Å². The normalized spacial score (nSPS) is 19.8. The summed E-state index contributed by atoms with van der Waals surface area (Å²) in [4.78, 5) is 0. The third-order valence-corrected chi connectivity index (χ3v) is 2.46. The minimum atomic E-state index is 1.17. The van der Waals surface area contributed by atoms with Crippen molar-refractivity contribution < 1.29 is 4.48 Å². The summed E-state index contributed by atoms with van der Waals surface area (Å²) >= 11 is 0. The monoisotopic (exact) mass is 166 g/mol. The molecule has 68 valence electrons. The molecule has 1 aliphatic heterocycles. The summed E-state index contributed by atoms with van der Waals surface area (Å²) in [5.74, 6) is 0. The molecule has 0 aromatic carbocycles. The molecule has 0 aromatic heterocycles. The minimum absolute atomic E-state index is 1.17. The van der Waals surface area contributed by atoms with Gasteiger partial charge in [0.15, 0.2) is 0 Å². The molecule has 0 fully saturated rings. The molecular weight excluding hydrogens is 146 g/mol. The molecule has 0 N–H and O–H groups in total. The van der Waals surface area contributed by atoms with Gasteiger partial charge in [-0.2, -0.15) is 0 Å². The fraction of sp³-hybridized carbons (Fsp3) is 0.636. The van der Waals surface area contributed by atoms with Crippen LogP contribution in [0, 0.1) is 0 Å². The maximum atomic E-state index is 2.35. The number of hydrogen-bond donors (Lipinski definition) is 0. The molecule has 1 rings (SSSR count). The van der Waals surface area contributed by atoms with E-state index in [0.29, 0.717) is 0 Å². The highest BCUT2D eigenvalue weighted by molar-refractivity contribution is 5.03. The van der Waals surface area contributed by atoms with Gasteiger partial charge >= 0.3 is 0 Å². The Kier molecular flexibility index (Phi) is 3.54. The zero-order valence-corrected chi connectivity index (χ0v) is 8.29. The fourth-order valence-electron chi connectivity index (χ4n) is 1.98. The largest absolute Gasteiger partial charge is 0.294 e. The maximum Gasteiger partial charge on any atom is 0.102 e. The second kappa shape index (κ2) is 4.46. The summed E-state index contributed by atoms with van der Waals surface area (Å²) in [5.41, 5.74) is 0. The van der Waals surface area contributed by atoms with Gasteiger partial charge in [-0.3, -0.25) is 4.48 Å². The van der Waals surface area contributed by atoms with E-state index in [1.54, 1.807) is 0 Å². The van der Waals surface area contributed by atoms with Crippen LogP contribution in [0.1, 0.15) is 26.7 Å². The number of rotatable bonds is 4. The zero-order valence-electron chi connectivity index (χ0n) is 8.29. The van der Waals surface area contributed by atoms with Crippen molar-refractivity contribution in [3.05, 3.63) is 24.4 Å². The Balaban J connectivity index is 2.59. The summed E-state index contributed by atoms with van der Waals surface area (Å²) < 4.78 is 1.17. The van der Waals surface area contributed by atoms with Gasteiger partial charge in [-0.1, -0.05) is 19.9 Å². The quantitative estimate of drug-likeness (QED) is 0.563. The Labute approximate surface area is 76.0 Å². The lowest BCUT2D eigenvalue weighted by Crippen LogP contribution is -2.44. The molecule has 12 heavy (non-hydrogen) atoms. The molecule has 0 atom stereocenters. The number of hydrogen-bond acceptors (Lipinski definition) is 0. The first kappa shape index (κ1) is 9.53.